The average Bonchev–Trinajstić information content (AvgIpc) is 2.70. The molecule has 0 bridgehead atoms. The minimum absolute atomic E-state index is 0.353. The van der Waals surface area contributed by atoms with Crippen molar-refractivity contribution in [1.29, 1.82) is 0 Å². The fraction of sp³-hybridized carbons (Fsp3) is 0.100. The Morgan fingerprint density at radius 2 is 1.56 bits per heavy atom. The maximum atomic E-state index is 12.0. The lowest BCUT2D eigenvalue weighted by atomic mass is 10.2. The topological polar surface area (TPSA) is 84.5 Å². The molecule has 0 radical (unpaired) electrons. The minimum atomic E-state index is -0.353. The van der Waals surface area contributed by atoms with Gasteiger partial charge in [-0.1, -0.05) is 18.2 Å². The SMILES string of the molecule is COc1ccc(Nc2ccc(NC(=O)Nc3ccccc3)nc2)cc1OC. The highest BCUT2D eigenvalue weighted by Gasteiger charge is 2.06. The zero-order chi connectivity index (χ0) is 19.1. The van der Waals surface area contributed by atoms with Gasteiger partial charge in [0.05, 0.1) is 26.1 Å². The van der Waals surface area contributed by atoms with Gasteiger partial charge >= 0.3 is 6.03 Å². The second-order valence-electron chi connectivity index (χ2n) is 5.57. The predicted molar refractivity (Wildman–Crippen MR) is 106 cm³/mol. The van der Waals surface area contributed by atoms with Crippen LogP contribution in [0.15, 0.2) is 66.9 Å². The van der Waals surface area contributed by atoms with Crippen molar-refractivity contribution in [3.05, 3.63) is 66.9 Å². The van der Waals surface area contributed by atoms with E-state index in [1.165, 1.54) is 0 Å². The molecular formula is C20H20N4O3. The molecular weight excluding hydrogens is 344 g/mol. The molecule has 1 aromatic heterocycles. The van der Waals surface area contributed by atoms with Crippen LogP contribution in [0.4, 0.5) is 27.7 Å². The van der Waals surface area contributed by atoms with Crippen molar-refractivity contribution < 1.29 is 14.3 Å². The summed E-state index contributed by atoms with van der Waals surface area (Å²) in [6.45, 7) is 0. The molecule has 0 aliphatic carbocycles. The molecule has 0 saturated heterocycles. The Morgan fingerprint density at radius 1 is 0.815 bits per heavy atom. The van der Waals surface area contributed by atoms with E-state index in [4.69, 9.17) is 9.47 Å². The van der Waals surface area contributed by atoms with Gasteiger partial charge in [0.2, 0.25) is 0 Å². The molecule has 0 saturated carbocycles. The zero-order valence-electron chi connectivity index (χ0n) is 15.0. The number of hydrogen-bond donors (Lipinski definition) is 3. The van der Waals surface area contributed by atoms with Gasteiger partial charge in [0.15, 0.2) is 11.5 Å². The molecule has 0 atom stereocenters. The Hall–Kier alpha value is -3.74. The molecule has 3 aromatic rings. The zero-order valence-corrected chi connectivity index (χ0v) is 15.0. The number of urea groups is 1. The highest BCUT2D eigenvalue weighted by molar-refractivity contribution is 5.99. The third kappa shape index (κ3) is 4.88. The molecule has 2 amide bonds. The van der Waals surface area contributed by atoms with Crippen molar-refractivity contribution in [1.82, 2.24) is 4.98 Å². The summed E-state index contributed by atoms with van der Waals surface area (Å²) in [5.74, 6) is 1.73. The van der Waals surface area contributed by atoms with Gasteiger partial charge in [0.1, 0.15) is 5.82 Å². The number of aromatic nitrogens is 1. The Kier molecular flexibility index (Phi) is 5.73. The average molecular weight is 364 g/mol. The summed E-state index contributed by atoms with van der Waals surface area (Å²) in [6.07, 6.45) is 1.63. The van der Waals surface area contributed by atoms with Crippen molar-refractivity contribution in [2.24, 2.45) is 0 Å². The van der Waals surface area contributed by atoms with Crippen LogP contribution in [-0.4, -0.2) is 25.2 Å². The fourth-order valence-electron chi connectivity index (χ4n) is 2.42. The van der Waals surface area contributed by atoms with Crippen LogP contribution in [0, 0.1) is 0 Å². The molecule has 3 rings (SSSR count). The first-order valence-electron chi connectivity index (χ1n) is 8.26. The minimum Gasteiger partial charge on any atom is -0.493 e. The van der Waals surface area contributed by atoms with Gasteiger partial charge in [0.25, 0.3) is 0 Å². The molecule has 0 spiro atoms. The van der Waals surface area contributed by atoms with E-state index in [-0.39, 0.29) is 6.03 Å². The van der Waals surface area contributed by atoms with Crippen LogP contribution < -0.4 is 25.4 Å². The number of carbonyl (C=O) groups excluding carboxylic acids is 1. The number of nitrogens with one attached hydrogen (secondary N) is 3. The maximum Gasteiger partial charge on any atom is 0.324 e. The van der Waals surface area contributed by atoms with E-state index >= 15 is 0 Å². The summed E-state index contributed by atoms with van der Waals surface area (Å²) in [5.41, 5.74) is 2.31. The van der Waals surface area contributed by atoms with Gasteiger partial charge in [-0.05, 0) is 36.4 Å². The van der Waals surface area contributed by atoms with Crippen LogP contribution in [-0.2, 0) is 0 Å². The summed E-state index contributed by atoms with van der Waals surface area (Å²) < 4.78 is 10.5. The van der Waals surface area contributed by atoms with Crippen LogP contribution in [0.3, 0.4) is 0 Å². The first-order chi connectivity index (χ1) is 13.2. The first kappa shape index (κ1) is 18.1. The summed E-state index contributed by atoms with van der Waals surface area (Å²) >= 11 is 0. The van der Waals surface area contributed by atoms with Gasteiger partial charge in [-0.3, -0.25) is 5.32 Å². The van der Waals surface area contributed by atoms with E-state index in [1.807, 2.05) is 54.6 Å². The first-order valence-corrected chi connectivity index (χ1v) is 8.26. The Labute approximate surface area is 157 Å². The predicted octanol–water partition coefficient (Wildman–Crippen LogP) is 4.49. The van der Waals surface area contributed by atoms with Crippen molar-refractivity contribution in [3.8, 4) is 11.5 Å². The van der Waals surface area contributed by atoms with Gasteiger partial charge in [-0.2, -0.15) is 0 Å². The quantitative estimate of drug-likeness (QED) is 0.600. The number of ether oxygens (including phenoxy) is 2. The monoisotopic (exact) mass is 364 g/mol. The van der Waals surface area contributed by atoms with Crippen LogP contribution in [0.1, 0.15) is 0 Å². The number of methoxy groups -OCH3 is 2. The number of rotatable bonds is 6. The molecule has 0 fully saturated rings. The molecule has 138 valence electrons. The standard InChI is InChI=1S/C20H20N4O3/c1-26-17-10-8-15(12-18(17)27-2)22-16-9-11-19(21-13-16)24-20(25)23-14-6-4-3-5-7-14/h3-13,22H,1-2H3,(H2,21,23,24,25). The number of carbonyl (C=O) groups is 1. The van der Waals surface area contributed by atoms with Crippen LogP contribution in [0.25, 0.3) is 0 Å². The molecule has 1 heterocycles. The lowest BCUT2D eigenvalue weighted by Gasteiger charge is -2.12. The lowest BCUT2D eigenvalue weighted by molar-refractivity contribution is 0.262. The maximum absolute atomic E-state index is 12.0. The summed E-state index contributed by atoms with van der Waals surface area (Å²) in [7, 11) is 3.18. The highest BCUT2D eigenvalue weighted by Crippen LogP contribution is 2.31. The second kappa shape index (κ2) is 8.57. The second-order valence-corrected chi connectivity index (χ2v) is 5.57. The summed E-state index contributed by atoms with van der Waals surface area (Å²) in [5, 5.41) is 8.65. The van der Waals surface area contributed by atoms with Gasteiger partial charge in [0, 0.05) is 17.4 Å². The van der Waals surface area contributed by atoms with Crippen LogP contribution in [0.5, 0.6) is 11.5 Å². The lowest BCUT2D eigenvalue weighted by Crippen LogP contribution is -2.19. The number of nitrogens with zero attached hydrogens (tertiary/aromatic N) is 1. The summed E-state index contributed by atoms with van der Waals surface area (Å²) in [6, 6.07) is 17.9. The van der Waals surface area contributed by atoms with Gasteiger partial charge in [-0.25, -0.2) is 9.78 Å². The molecule has 3 N–H and O–H groups in total. The highest BCUT2D eigenvalue weighted by atomic mass is 16.5. The van der Waals surface area contributed by atoms with Crippen molar-refractivity contribution in [3.63, 3.8) is 0 Å². The fourth-order valence-corrected chi connectivity index (χ4v) is 2.42. The third-order valence-electron chi connectivity index (χ3n) is 3.71. The molecule has 0 aliphatic rings. The number of benzene rings is 2. The van der Waals surface area contributed by atoms with E-state index in [0.29, 0.717) is 23.0 Å². The number of para-hydroxylation sites is 1. The van der Waals surface area contributed by atoms with E-state index < -0.39 is 0 Å². The molecule has 2 aromatic carbocycles. The number of hydrogen-bond acceptors (Lipinski definition) is 5. The molecule has 0 aliphatic heterocycles. The summed E-state index contributed by atoms with van der Waals surface area (Å²) in [4.78, 5) is 16.2. The van der Waals surface area contributed by atoms with E-state index in [9.17, 15) is 4.79 Å². The normalized spacial score (nSPS) is 10.0. The Balaban J connectivity index is 1.61. The third-order valence-corrected chi connectivity index (χ3v) is 3.71. The van der Waals surface area contributed by atoms with Crippen molar-refractivity contribution in [2.75, 3.05) is 30.2 Å². The van der Waals surface area contributed by atoms with Crippen LogP contribution >= 0.6 is 0 Å². The Morgan fingerprint density at radius 3 is 2.22 bits per heavy atom. The molecule has 0 unspecified atom stereocenters. The van der Waals surface area contributed by atoms with Gasteiger partial charge < -0.3 is 20.1 Å². The Bertz CT molecular complexity index is 899. The number of anilines is 4. The van der Waals surface area contributed by atoms with Crippen molar-refractivity contribution in [2.45, 2.75) is 0 Å². The van der Waals surface area contributed by atoms with E-state index in [2.05, 4.69) is 20.9 Å². The van der Waals surface area contributed by atoms with Gasteiger partial charge in [-0.15, -0.1) is 0 Å². The van der Waals surface area contributed by atoms with Crippen LogP contribution in [0.2, 0.25) is 0 Å². The smallest absolute Gasteiger partial charge is 0.324 e. The van der Waals surface area contributed by atoms with E-state index in [1.54, 1.807) is 26.5 Å². The van der Waals surface area contributed by atoms with E-state index in [0.717, 1.165) is 11.4 Å². The number of pyridine rings is 1. The molecule has 7 nitrogen and oxygen atoms in total. The molecule has 27 heavy (non-hydrogen) atoms. The molecule has 7 heteroatoms. The number of amides is 2. The largest absolute Gasteiger partial charge is 0.493 e. The van der Waals surface area contributed by atoms with Crippen molar-refractivity contribution >= 4 is 28.9 Å².